The van der Waals surface area contributed by atoms with E-state index in [1.807, 2.05) is 30.3 Å². The minimum Gasteiger partial charge on any atom is -0.360 e. The largest absolute Gasteiger partial charge is 0.360 e. The molecule has 0 spiro atoms. The van der Waals surface area contributed by atoms with Gasteiger partial charge in [0.15, 0.2) is 0 Å². The van der Waals surface area contributed by atoms with Crippen molar-refractivity contribution in [2.24, 2.45) is 0 Å². The van der Waals surface area contributed by atoms with Crippen molar-refractivity contribution in [3.63, 3.8) is 0 Å². The summed E-state index contributed by atoms with van der Waals surface area (Å²) in [5.41, 5.74) is 1.11. The fraction of sp³-hybridized carbons (Fsp3) is 0.333. The normalized spacial score (nSPS) is 17.2. The number of amides is 2. The molecule has 2 aromatic rings. The fourth-order valence-electron chi connectivity index (χ4n) is 3.25. The maximum absolute atomic E-state index is 13.4. The van der Waals surface area contributed by atoms with Crippen LogP contribution in [-0.2, 0) is 30.9 Å². The van der Waals surface area contributed by atoms with Gasteiger partial charge in [-0.3, -0.25) is 9.59 Å². The lowest BCUT2D eigenvalue weighted by atomic mass is 10.2. The number of carbonyl (C=O) groups excluding carboxylic acids is 2. The van der Waals surface area contributed by atoms with Crippen LogP contribution in [-0.4, -0.2) is 50.5 Å². The van der Waals surface area contributed by atoms with Crippen LogP contribution in [0.25, 0.3) is 0 Å². The quantitative estimate of drug-likeness (QED) is 0.647. The van der Waals surface area contributed by atoms with Crippen molar-refractivity contribution in [1.29, 1.82) is 0 Å². The first-order chi connectivity index (χ1) is 14.8. The average molecular weight is 450 g/mol. The zero-order valence-corrected chi connectivity index (χ0v) is 17.8. The third-order valence-corrected chi connectivity index (χ3v) is 6.87. The SMILES string of the molecule is Cc1cc(F)ccc1S(=O)(=O)N1CCCOC1CNC(=O)C(=O)NCc1ccccc1. The van der Waals surface area contributed by atoms with E-state index in [9.17, 15) is 22.4 Å². The van der Waals surface area contributed by atoms with Gasteiger partial charge in [-0.1, -0.05) is 30.3 Å². The summed E-state index contributed by atoms with van der Waals surface area (Å²) in [5, 5.41) is 4.93. The topological polar surface area (TPSA) is 105 Å². The predicted octanol–water partition coefficient (Wildman–Crippen LogP) is 1.30. The molecule has 0 aromatic heterocycles. The summed E-state index contributed by atoms with van der Waals surface area (Å²) >= 11 is 0. The van der Waals surface area contributed by atoms with Crippen molar-refractivity contribution >= 4 is 21.8 Å². The minimum absolute atomic E-state index is 0.0312. The molecule has 2 amide bonds. The van der Waals surface area contributed by atoms with Gasteiger partial charge in [0, 0.05) is 13.1 Å². The van der Waals surface area contributed by atoms with E-state index < -0.39 is 33.9 Å². The summed E-state index contributed by atoms with van der Waals surface area (Å²) in [7, 11) is -3.98. The highest BCUT2D eigenvalue weighted by Crippen LogP contribution is 2.25. The van der Waals surface area contributed by atoms with E-state index in [4.69, 9.17) is 4.74 Å². The summed E-state index contributed by atoms with van der Waals surface area (Å²) in [4.78, 5) is 24.1. The Balaban J connectivity index is 1.62. The number of hydrogen-bond donors (Lipinski definition) is 2. The summed E-state index contributed by atoms with van der Waals surface area (Å²) in [6.07, 6.45) is -0.504. The van der Waals surface area contributed by atoms with E-state index in [0.29, 0.717) is 13.0 Å². The molecule has 1 aliphatic heterocycles. The van der Waals surface area contributed by atoms with E-state index in [2.05, 4.69) is 10.6 Å². The molecule has 0 saturated carbocycles. The Morgan fingerprint density at radius 2 is 1.84 bits per heavy atom. The van der Waals surface area contributed by atoms with Crippen LogP contribution >= 0.6 is 0 Å². The van der Waals surface area contributed by atoms with E-state index >= 15 is 0 Å². The lowest BCUT2D eigenvalue weighted by Gasteiger charge is -2.34. The van der Waals surface area contributed by atoms with Gasteiger partial charge in [-0.2, -0.15) is 4.31 Å². The smallest absolute Gasteiger partial charge is 0.309 e. The van der Waals surface area contributed by atoms with E-state index in [-0.39, 0.29) is 30.1 Å². The molecule has 3 rings (SSSR count). The molecule has 0 aliphatic carbocycles. The maximum atomic E-state index is 13.4. The Hall–Kier alpha value is -2.82. The monoisotopic (exact) mass is 449 g/mol. The molecule has 1 aliphatic rings. The Morgan fingerprint density at radius 1 is 1.13 bits per heavy atom. The highest BCUT2D eigenvalue weighted by molar-refractivity contribution is 7.89. The minimum atomic E-state index is -3.98. The van der Waals surface area contributed by atoms with E-state index in [1.165, 1.54) is 13.0 Å². The summed E-state index contributed by atoms with van der Waals surface area (Å²) in [6, 6.07) is 12.5. The van der Waals surface area contributed by atoms with Crippen molar-refractivity contribution in [3.8, 4) is 0 Å². The molecule has 2 aromatic carbocycles. The molecule has 1 unspecified atom stereocenters. The Morgan fingerprint density at radius 3 is 2.55 bits per heavy atom. The zero-order chi connectivity index (χ0) is 22.4. The summed E-state index contributed by atoms with van der Waals surface area (Å²) in [5.74, 6) is -2.25. The molecular formula is C21H24FN3O5S. The van der Waals surface area contributed by atoms with Gasteiger partial charge in [-0.05, 0) is 42.7 Å². The predicted molar refractivity (Wildman–Crippen MR) is 111 cm³/mol. The molecule has 2 N–H and O–H groups in total. The maximum Gasteiger partial charge on any atom is 0.309 e. The number of halogens is 1. The van der Waals surface area contributed by atoms with Gasteiger partial charge in [-0.15, -0.1) is 0 Å². The van der Waals surface area contributed by atoms with Gasteiger partial charge in [0.25, 0.3) is 0 Å². The number of hydrogen-bond acceptors (Lipinski definition) is 5. The van der Waals surface area contributed by atoms with Crippen molar-refractivity contribution in [1.82, 2.24) is 14.9 Å². The third kappa shape index (κ3) is 5.66. The standard InChI is InChI=1S/C21H24FN3O5S/c1-15-12-17(22)8-9-18(15)31(28,29)25-10-5-11-30-19(25)14-24-21(27)20(26)23-13-16-6-3-2-4-7-16/h2-4,6-9,12,19H,5,10-11,13-14H2,1H3,(H,23,26)(H,24,27). The first-order valence-electron chi connectivity index (χ1n) is 9.78. The number of ether oxygens (including phenoxy) is 1. The second kappa shape index (κ2) is 9.99. The molecule has 0 radical (unpaired) electrons. The van der Waals surface area contributed by atoms with Crippen LogP contribution in [0, 0.1) is 12.7 Å². The van der Waals surface area contributed by atoms with Crippen molar-refractivity contribution in [3.05, 3.63) is 65.5 Å². The van der Waals surface area contributed by atoms with Crippen LogP contribution in [0.2, 0.25) is 0 Å². The van der Waals surface area contributed by atoms with Crippen LogP contribution in [0.15, 0.2) is 53.4 Å². The molecule has 1 saturated heterocycles. The van der Waals surface area contributed by atoms with Gasteiger partial charge in [0.2, 0.25) is 10.0 Å². The second-order valence-electron chi connectivity index (χ2n) is 7.08. The van der Waals surface area contributed by atoms with E-state index in [1.54, 1.807) is 0 Å². The highest BCUT2D eigenvalue weighted by atomic mass is 32.2. The summed E-state index contributed by atoms with van der Waals surface area (Å²) in [6.45, 7) is 2.00. The molecule has 0 bridgehead atoms. The first kappa shape index (κ1) is 22.9. The van der Waals surface area contributed by atoms with Crippen molar-refractivity contribution in [2.45, 2.75) is 31.0 Å². The van der Waals surface area contributed by atoms with Crippen LogP contribution in [0.3, 0.4) is 0 Å². The number of sulfonamides is 1. The van der Waals surface area contributed by atoms with Crippen LogP contribution < -0.4 is 10.6 Å². The van der Waals surface area contributed by atoms with Gasteiger partial charge < -0.3 is 15.4 Å². The number of nitrogens with one attached hydrogen (secondary N) is 2. The molecular weight excluding hydrogens is 425 g/mol. The molecule has 166 valence electrons. The average Bonchev–Trinajstić information content (AvgIpc) is 2.76. The lowest BCUT2D eigenvalue weighted by molar-refractivity contribution is -0.140. The van der Waals surface area contributed by atoms with Crippen LogP contribution in [0.4, 0.5) is 4.39 Å². The molecule has 31 heavy (non-hydrogen) atoms. The molecule has 1 fully saturated rings. The van der Waals surface area contributed by atoms with Crippen LogP contribution in [0.5, 0.6) is 0 Å². The fourth-order valence-corrected chi connectivity index (χ4v) is 5.02. The molecule has 1 atom stereocenters. The number of aryl methyl sites for hydroxylation is 1. The van der Waals surface area contributed by atoms with Gasteiger partial charge >= 0.3 is 11.8 Å². The third-order valence-electron chi connectivity index (χ3n) is 4.82. The number of nitrogens with zero attached hydrogens (tertiary/aromatic N) is 1. The lowest BCUT2D eigenvalue weighted by Crippen LogP contribution is -2.53. The molecule has 8 nitrogen and oxygen atoms in total. The van der Waals surface area contributed by atoms with Gasteiger partial charge in [0.05, 0.1) is 18.0 Å². The Labute approximate surface area is 180 Å². The number of benzene rings is 2. The van der Waals surface area contributed by atoms with E-state index in [0.717, 1.165) is 22.0 Å². The first-order valence-corrected chi connectivity index (χ1v) is 11.2. The Kier molecular flexibility index (Phi) is 7.37. The second-order valence-corrected chi connectivity index (χ2v) is 8.94. The summed E-state index contributed by atoms with van der Waals surface area (Å²) < 4.78 is 46.3. The molecule has 1 heterocycles. The van der Waals surface area contributed by atoms with Crippen molar-refractivity contribution in [2.75, 3.05) is 19.7 Å². The van der Waals surface area contributed by atoms with Crippen molar-refractivity contribution < 1.29 is 27.1 Å². The van der Waals surface area contributed by atoms with Gasteiger partial charge in [0.1, 0.15) is 12.0 Å². The zero-order valence-electron chi connectivity index (χ0n) is 17.0. The number of rotatable bonds is 6. The molecule has 10 heteroatoms. The van der Waals surface area contributed by atoms with Gasteiger partial charge in [-0.25, -0.2) is 12.8 Å². The number of carbonyl (C=O) groups is 2. The highest BCUT2D eigenvalue weighted by Gasteiger charge is 2.35. The Bertz CT molecular complexity index is 1050. The van der Waals surface area contributed by atoms with Crippen LogP contribution in [0.1, 0.15) is 17.5 Å².